The zero-order chi connectivity index (χ0) is 18.9. The summed E-state index contributed by atoms with van der Waals surface area (Å²) >= 11 is 0. The van der Waals surface area contributed by atoms with Crippen molar-refractivity contribution < 1.29 is 13.2 Å². The largest absolute Gasteiger partial charge is 0.340 e. The Morgan fingerprint density at radius 1 is 0.889 bits per heavy atom. The number of nitrogens with zero attached hydrogens (tertiary/aromatic N) is 2. The van der Waals surface area contributed by atoms with Crippen LogP contribution in [0.5, 0.6) is 0 Å². The van der Waals surface area contributed by atoms with Crippen LogP contribution in [-0.4, -0.2) is 49.7 Å². The maximum Gasteiger partial charge on any atom is 0.243 e. The molecule has 142 valence electrons. The van der Waals surface area contributed by atoms with Crippen molar-refractivity contribution in [3.63, 3.8) is 0 Å². The van der Waals surface area contributed by atoms with Crippen molar-refractivity contribution in [2.75, 3.05) is 26.2 Å². The van der Waals surface area contributed by atoms with Crippen LogP contribution in [0.25, 0.3) is 0 Å². The minimum absolute atomic E-state index is 0.0905. The molecule has 1 aliphatic heterocycles. The number of fused-ring (bicyclic) bond motifs is 1. The third-order valence-corrected chi connectivity index (χ3v) is 7.51. The number of amides is 1. The molecule has 1 amide bonds. The van der Waals surface area contributed by atoms with Crippen molar-refractivity contribution in [2.24, 2.45) is 0 Å². The number of piperazine rings is 1. The molecule has 1 heterocycles. The first kappa shape index (κ1) is 18.2. The van der Waals surface area contributed by atoms with Gasteiger partial charge in [-0.15, -0.1) is 0 Å². The smallest absolute Gasteiger partial charge is 0.243 e. The van der Waals surface area contributed by atoms with E-state index < -0.39 is 10.0 Å². The fourth-order valence-electron chi connectivity index (χ4n) is 4.12. The van der Waals surface area contributed by atoms with Gasteiger partial charge in [0, 0.05) is 26.2 Å². The van der Waals surface area contributed by atoms with Crippen molar-refractivity contribution in [1.82, 2.24) is 9.21 Å². The molecule has 1 saturated heterocycles. The van der Waals surface area contributed by atoms with Gasteiger partial charge in [-0.05, 0) is 42.5 Å². The Morgan fingerprint density at radius 2 is 1.56 bits per heavy atom. The lowest BCUT2D eigenvalue weighted by Crippen LogP contribution is -2.51. The number of carbonyl (C=O) groups excluding carboxylic acids is 1. The molecule has 0 unspecified atom stereocenters. The lowest BCUT2D eigenvalue weighted by Gasteiger charge is -2.37. The van der Waals surface area contributed by atoms with Gasteiger partial charge in [0.1, 0.15) is 0 Å². The van der Waals surface area contributed by atoms with Gasteiger partial charge >= 0.3 is 0 Å². The number of benzene rings is 2. The molecule has 5 nitrogen and oxygen atoms in total. The zero-order valence-electron chi connectivity index (χ0n) is 15.3. The highest BCUT2D eigenvalue weighted by atomic mass is 32.2. The van der Waals surface area contributed by atoms with Crippen LogP contribution in [0.15, 0.2) is 59.5 Å². The molecule has 6 heteroatoms. The molecule has 27 heavy (non-hydrogen) atoms. The van der Waals surface area contributed by atoms with Gasteiger partial charge in [0.2, 0.25) is 15.9 Å². The second-order valence-electron chi connectivity index (χ2n) is 7.19. The molecule has 2 aromatic carbocycles. The summed E-state index contributed by atoms with van der Waals surface area (Å²) in [6, 6.07) is 16.7. The summed E-state index contributed by atoms with van der Waals surface area (Å²) in [7, 11) is -3.49. The van der Waals surface area contributed by atoms with E-state index in [0.717, 1.165) is 24.8 Å². The molecule has 1 aliphatic carbocycles. The van der Waals surface area contributed by atoms with Crippen LogP contribution in [0.2, 0.25) is 0 Å². The Kier molecular flexibility index (Phi) is 5.02. The van der Waals surface area contributed by atoms with E-state index in [4.69, 9.17) is 0 Å². The van der Waals surface area contributed by atoms with Gasteiger partial charge in [0.05, 0.1) is 10.8 Å². The van der Waals surface area contributed by atoms with Crippen LogP contribution >= 0.6 is 0 Å². The average molecular weight is 385 g/mol. The fraction of sp³-hybridized carbons (Fsp3) is 0.381. The van der Waals surface area contributed by atoms with Crippen LogP contribution in [0.1, 0.15) is 29.9 Å². The molecule has 2 aromatic rings. The van der Waals surface area contributed by atoms with Gasteiger partial charge in [-0.2, -0.15) is 4.31 Å². The summed E-state index contributed by atoms with van der Waals surface area (Å²) < 4.78 is 27.0. The molecule has 1 atom stereocenters. The molecule has 0 radical (unpaired) electrons. The van der Waals surface area contributed by atoms with E-state index in [-0.39, 0.29) is 11.8 Å². The predicted octanol–water partition coefficient (Wildman–Crippen LogP) is 2.64. The molecule has 4 rings (SSSR count). The highest BCUT2D eigenvalue weighted by Gasteiger charge is 2.34. The van der Waals surface area contributed by atoms with Crippen LogP contribution in [0.3, 0.4) is 0 Å². The Labute approximate surface area is 160 Å². The second-order valence-corrected chi connectivity index (χ2v) is 9.12. The van der Waals surface area contributed by atoms with Gasteiger partial charge < -0.3 is 4.90 Å². The van der Waals surface area contributed by atoms with Crippen LogP contribution in [0.4, 0.5) is 0 Å². The molecule has 0 N–H and O–H groups in total. The number of sulfonamides is 1. The normalized spacial score (nSPS) is 20.9. The van der Waals surface area contributed by atoms with Crippen LogP contribution < -0.4 is 0 Å². The lowest BCUT2D eigenvalue weighted by atomic mass is 9.82. The van der Waals surface area contributed by atoms with Gasteiger partial charge in [-0.1, -0.05) is 42.5 Å². The van der Waals surface area contributed by atoms with E-state index in [0.29, 0.717) is 31.1 Å². The minimum Gasteiger partial charge on any atom is -0.340 e. The number of carbonyl (C=O) groups is 1. The maximum absolute atomic E-state index is 13.1. The molecule has 0 spiro atoms. The SMILES string of the molecule is O=C([C@H]1CCCc2ccccc21)N1CCN(S(=O)(=O)c2ccccc2)CC1. The molecule has 1 fully saturated rings. The van der Waals surface area contributed by atoms with Gasteiger partial charge in [-0.25, -0.2) is 8.42 Å². The van der Waals surface area contributed by atoms with Crippen molar-refractivity contribution in [1.29, 1.82) is 0 Å². The summed E-state index contributed by atoms with van der Waals surface area (Å²) in [5.41, 5.74) is 2.42. The monoisotopic (exact) mass is 384 g/mol. The van der Waals surface area contributed by atoms with E-state index in [1.54, 1.807) is 30.3 Å². The highest BCUT2D eigenvalue weighted by Crippen LogP contribution is 2.33. The number of rotatable bonds is 3. The van der Waals surface area contributed by atoms with Crippen molar-refractivity contribution >= 4 is 15.9 Å². The first-order valence-electron chi connectivity index (χ1n) is 9.49. The van der Waals surface area contributed by atoms with Gasteiger partial charge in [0.15, 0.2) is 0 Å². The van der Waals surface area contributed by atoms with E-state index >= 15 is 0 Å². The van der Waals surface area contributed by atoms with Crippen molar-refractivity contribution in [3.05, 3.63) is 65.7 Å². The Balaban J connectivity index is 1.45. The predicted molar refractivity (Wildman–Crippen MR) is 104 cm³/mol. The van der Waals surface area contributed by atoms with Gasteiger partial charge in [-0.3, -0.25) is 4.79 Å². The summed E-state index contributed by atoms with van der Waals surface area (Å²) in [6.07, 6.45) is 2.93. The Bertz CT molecular complexity index is 919. The third kappa shape index (κ3) is 3.51. The van der Waals surface area contributed by atoms with E-state index in [9.17, 15) is 13.2 Å². The standard InChI is InChI=1S/C21H24N2O3S/c24-21(20-12-6-8-17-7-4-5-11-19(17)20)22-13-15-23(16-14-22)27(25,26)18-9-2-1-3-10-18/h1-5,7,9-11,20H,6,8,12-16H2/t20-/m0/s1. The molecule has 0 saturated carbocycles. The zero-order valence-corrected chi connectivity index (χ0v) is 16.1. The first-order chi connectivity index (χ1) is 13.1. The number of hydrogen-bond acceptors (Lipinski definition) is 3. The maximum atomic E-state index is 13.1. The Morgan fingerprint density at radius 3 is 2.30 bits per heavy atom. The average Bonchev–Trinajstić information content (AvgIpc) is 2.73. The summed E-state index contributed by atoms with van der Waals surface area (Å²) in [5, 5.41) is 0. The fourth-order valence-corrected chi connectivity index (χ4v) is 5.56. The number of hydrogen-bond donors (Lipinski definition) is 0. The van der Waals surface area contributed by atoms with Gasteiger partial charge in [0.25, 0.3) is 0 Å². The van der Waals surface area contributed by atoms with E-state index in [1.807, 2.05) is 17.0 Å². The van der Waals surface area contributed by atoms with Crippen LogP contribution in [-0.2, 0) is 21.2 Å². The van der Waals surface area contributed by atoms with E-state index in [1.165, 1.54) is 9.87 Å². The summed E-state index contributed by atoms with van der Waals surface area (Å²) in [6.45, 7) is 1.59. The lowest BCUT2D eigenvalue weighted by molar-refractivity contribution is -0.134. The quantitative estimate of drug-likeness (QED) is 0.817. The number of aryl methyl sites for hydroxylation is 1. The second kappa shape index (κ2) is 7.44. The molecular formula is C21H24N2O3S. The van der Waals surface area contributed by atoms with Crippen molar-refractivity contribution in [2.45, 2.75) is 30.1 Å². The van der Waals surface area contributed by atoms with E-state index in [2.05, 4.69) is 12.1 Å². The van der Waals surface area contributed by atoms with Crippen LogP contribution in [0, 0.1) is 0 Å². The first-order valence-corrected chi connectivity index (χ1v) is 10.9. The summed E-state index contributed by atoms with van der Waals surface area (Å²) in [5.74, 6) is 0.0474. The Hall–Kier alpha value is -2.18. The summed E-state index contributed by atoms with van der Waals surface area (Å²) in [4.78, 5) is 15.2. The molecule has 0 bridgehead atoms. The molecular weight excluding hydrogens is 360 g/mol. The molecule has 2 aliphatic rings. The van der Waals surface area contributed by atoms with Crippen molar-refractivity contribution in [3.8, 4) is 0 Å². The molecule has 0 aromatic heterocycles. The minimum atomic E-state index is -3.49. The third-order valence-electron chi connectivity index (χ3n) is 5.60. The topological polar surface area (TPSA) is 57.7 Å². The highest BCUT2D eigenvalue weighted by molar-refractivity contribution is 7.89.